The first-order chi connectivity index (χ1) is 14.4. The van der Waals surface area contributed by atoms with E-state index < -0.39 is 0 Å². The van der Waals surface area contributed by atoms with Crippen LogP contribution in [0.5, 0.6) is 0 Å². The molecule has 3 heteroatoms. The van der Waals surface area contributed by atoms with Crippen LogP contribution in [0.2, 0.25) is 0 Å². The molecule has 0 unspecified atom stereocenters. The Kier molecular flexibility index (Phi) is 3.60. The van der Waals surface area contributed by atoms with Gasteiger partial charge in [-0.15, -0.1) is 0 Å². The highest BCUT2D eigenvalue weighted by Gasteiger charge is 2.21. The summed E-state index contributed by atoms with van der Waals surface area (Å²) in [5.41, 5.74) is 7.96. The van der Waals surface area contributed by atoms with Crippen LogP contribution in [-0.2, 0) is 6.42 Å². The molecule has 5 aromatic rings. The van der Waals surface area contributed by atoms with Gasteiger partial charge in [-0.2, -0.15) is 0 Å². The number of rotatable bonds is 2. The van der Waals surface area contributed by atoms with E-state index in [4.69, 9.17) is 14.4 Å². The Bertz CT molecular complexity index is 1380. The molecule has 138 valence electrons. The third-order valence-electron chi connectivity index (χ3n) is 5.56. The second kappa shape index (κ2) is 6.42. The molecule has 0 radical (unpaired) electrons. The number of aryl methyl sites for hydroxylation is 1. The predicted octanol–water partition coefficient (Wildman–Crippen LogP) is 6.67. The number of hydrogen-bond donors (Lipinski definition) is 0. The predicted molar refractivity (Wildman–Crippen MR) is 118 cm³/mol. The summed E-state index contributed by atoms with van der Waals surface area (Å²) in [5.74, 6) is 0.720. The fourth-order valence-electron chi connectivity index (χ4n) is 4.14. The molecule has 0 fully saturated rings. The molecule has 2 aromatic heterocycles. The Morgan fingerprint density at radius 1 is 0.724 bits per heavy atom. The minimum absolute atomic E-state index is 0.720. The summed E-state index contributed by atoms with van der Waals surface area (Å²) >= 11 is 0. The third kappa shape index (κ3) is 2.59. The van der Waals surface area contributed by atoms with Gasteiger partial charge in [0.25, 0.3) is 0 Å². The number of nitrogens with zero attached hydrogens (tertiary/aromatic N) is 2. The molecule has 6 rings (SSSR count). The van der Waals surface area contributed by atoms with E-state index in [2.05, 4.69) is 36.4 Å². The zero-order valence-corrected chi connectivity index (χ0v) is 15.8. The Morgan fingerprint density at radius 3 is 2.28 bits per heavy atom. The molecule has 0 saturated carbocycles. The van der Waals surface area contributed by atoms with Gasteiger partial charge in [0.05, 0.1) is 0 Å². The molecule has 29 heavy (non-hydrogen) atoms. The fraction of sp³-hybridized carbons (Fsp3) is 0.0769. The quantitative estimate of drug-likeness (QED) is 0.346. The molecular weight excluding hydrogens is 356 g/mol. The maximum Gasteiger partial charge on any atom is 0.180 e. The summed E-state index contributed by atoms with van der Waals surface area (Å²) in [7, 11) is 0. The number of fused-ring (bicyclic) bond motifs is 5. The smallest absolute Gasteiger partial charge is 0.180 e. The van der Waals surface area contributed by atoms with E-state index in [9.17, 15) is 0 Å². The van der Waals surface area contributed by atoms with Gasteiger partial charge in [-0.3, -0.25) is 0 Å². The summed E-state index contributed by atoms with van der Waals surface area (Å²) in [5, 5.41) is 1.06. The molecule has 0 spiro atoms. The van der Waals surface area contributed by atoms with E-state index in [1.165, 1.54) is 11.1 Å². The highest BCUT2D eigenvalue weighted by atomic mass is 16.3. The van der Waals surface area contributed by atoms with Gasteiger partial charge in [-0.1, -0.05) is 78.9 Å². The zero-order chi connectivity index (χ0) is 19.2. The van der Waals surface area contributed by atoms with Crippen molar-refractivity contribution in [2.45, 2.75) is 12.8 Å². The van der Waals surface area contributed by atoms with Crippen LogP contribution in [-0.4, -0.2) is 9.97 Å². The lowest BCUT2D eigenvalue weighted by Gasteiger charge is -2.09. The topological polar surface area (TPSA) is 38.9 Å². The molecule has 0 bridgehead atoms. The van der Waals surface area contributed by atoms with Crippen molar-refractivity contribution in [1.29, 1.82) is 0 Å². The van der Waals surface area contributed by atoms with E-state index >= 15 is 0 Å². The van der Waals surface area contributed by atoms with Crippen LogP contribution in [0.3, 0.4) is 0 Å². The van der Waals surface area contributed by atoms with E-state index in [-0.39, 0.29) is 0 Å². The van der Waals surface area contributed by atoms with Crippen molar-refractivity contribution in [2.75, 3.05) is 0 Å². The van der Waals surface area contributed by atoms with Gasteiger partial charge < -0.3 is 4.42 Å². The van der Waals surface area contributed by atoms with Crippen LogP contribution in [0.4, 0.5) is 0 Å². The number of allylic oxidation sites excluding steroid dienone is 1. The van der Waals surface area contributed by atoms with Crippen molar-refractivity contribution in [2.24, 2.45) is 0 Å². The summed E-state index contributed by atoms with van der Waals surface area (Å²) < 4.78 is 6.47. The Morgan fingerprint density at radius 2 is 1.48 bits per heavy atom. The lowest BCUT2D eigenvalue weighted by Crippen LogP contribution is -1.94. The molecule has 2 heterocycles. The minimum atomic E-state index is 0.720. The Balaban J connectivity index is 1.73. The maximum atomic E-state index is 6.47. The minimum Gasteiger partial charge on any atom is -0.452 e. The monoisotopic (exact) mass is 374 g/mol. The lowest BCUT2D eigenvalue weighted by atomic mass is 9.95. The first kappa shape index (κ1) is 16.3. The number of benzene rings is 3. The van der Waals surface area contributed by atoms with Crippen molar-refractivity contribution >= 4 is 28.1 Å². The maximum absolute atomic E-state index is 6.47. The molecule has 0 amide bonds. The number of hydrogen-bond acceptors (Lipinski definition) is 3. The standard InChI is InChI=1S/C26H18N2O/c1-3-10-18(11-4-1)22-25-23(28-26(27-22)19-12-5-2-6-13-19)21-16-15-17-9-7-8-14-20(17)24(21)29-25/h1-7,9-13,15-16H,8,14H2. The number of aromatic nitrogens is 2. The fourth-order valence-corrected chi connectivity index (χ4v) is 4.14. The zero-order valence-electron chi connectivity index (χ0n) is 15.8. The van der Waals surface area contributed by atoms with Crippen molar-refractivity contribution in [1.82, 2.24) is 9.97 Å². The molecule has 1 aliphatic rings. The van der Waals surface area contributed by atoms with Gasteiger partial charge in [-0.05, 0) is 24.5 Å². The van der Waals surface area contributed by atoms with Crippen molar-refractivity contribution in [3.05, 3.63) is 90.0 Å². The van der Waals surface area contributed by atoms with Crippen molar-refractivity contribution in [3.8, 4) is 22.6 Å². The first-order valence-corrected chi connectivity index (χ1v) is 9.92. The van der Waals surface area contributed by atoms with E-state index in [1.807, 2.05) is 48.5 Å². The summed E-state index contributed by atoms with van der Waals surface area (Å²) in [4.78, 5) is 9.88. The highest BCUT2D eigenvalue weighted by molar-refractivity contribution is 6.08. The molecule has 1 aliphatic carbocycles. The SMILES string of the molecule is C1=Cc2ccc3c(oc4c(-c5ccccc5)nc(-c5ccccc5)nc43)c2CC1. The highest BCUT2D eigenvalue weighted by Crippen LogP contribution is 2.38. The lowest BCUT2D eigenvalue weighted by molar-refractivity contribution is 0.660. The molecule has 3 nitrogen and oxygen atoms in total. The molecule has 0 N–H and O–H groups in total. The van der Waals surface area contributed by atoms with E-state index in [0.29, 0.717) is 0 Å². The van der Waals surface area contributed by atoms with Crippen LogP contribution in [0.1, 0.15) is 17.5 Å². The van der Waals surface area contributed by atoms with Crippen LogP contribution in [0.25, 0.3) is 50.8 Å². The second-order valence-corrected chi connectivity index (χ2v) is 7.36. The van der Waals surface area contributed by atoms with Crippen molar-refractivity contribution in [3.63, 3.8) is 0 Å². The van der Waals surface area contributed by atoms with Gasteiger partial charge in [0.1, 0.15) is 16.8 Å². The van der Waals surface area contributed by atoms with E-state index in [0.717, 1.165) is 57.6 Å². The molecule has 0 aliphatic heterocycles. The first-order valence-electron chi connectivity index (χ1n) is 9.92. The molecule has 0 saturated heterocycles. The molecule has 0 atom stereocenters. The second-order valence-electron chi connectivity index (χ2n) is 7.36. The summed E-state index contributed by atoms with van der Waals surface area (Å²) in [6, 6.07) is 24.7. The number of furan rings is 1. The van der Waals surface area contributed by atoms with E-state index in [1.54, 1.807) is 0 Å². The molecular formula is C26H18N2O. The van der Waals surface area contributed by atoms with Gasteiger partial charge in [0.15, 0.2) is 11.4 Å². The van der Waals surface area contributed by atoms with Gasteiger partial charge in [-0.25, -0.2) is 9.97 Å². The van der Waals surface area contributed by atoms with Crippen LogP contribution in [0.15, 0.2) is 83.3 Å². The third-order valence-corrected chi connectivity index (χ3v) is 5.56. The molecule has 3 aromatic carbocycles. The van der Waals surface area contributed by atoms with Gasteiger partial charge in [0.2, 0.25) is 0 Å². The summed E-state index contributed by atoms with van der Waals surface area (Å²) in [6.45, 7) is 0. The average Bonchev–Trinajstić information content (AvgIpc) is 3.19. The summed E-state index contributed by atoms with van der Waals surface area (Å²) in [6.07, 6.45) is 6.43. The van der Waals surface area contributed by atoms with Crippen LogP contribution >= 0.6 is 0 Å². The van der Waals surface area contributed by atoms with Gasteiger partial charge in [0, 0.05) is 22.1 Å². The Hall–Kier alpha value is -3.72. The van der Waals surface area contributed by atoms with Crippen LogP contribution < -0.4 is 0 Å². The average molecular weight is 374 g/mol. The van der Waals surface area contributed by atoms with Crippen molar-refractivity contribution < 1.29 is 4.42 Å². The largest absolute Gasteiger partial charge is 0.452 e. The van der Waals surface area contributed by atoms with Crippen LogP contribution in [0, 0.1) is 0 Å². The Labute approximate surface area is 168 Å². The van der Waals surface area contributed by atoms with Gasteiger partial charge >= 0.3 is 0 Å². The normalized spacial score (nSPS) is 13.1.